The Bertz CT molecular complexity index is 1070. The highest BCUT2D eigenvalue weighted by Gasteiger charge is 2.16. The molecule has 1 unspecified atom stereocenters. The molecule has 31 heavy (non-hydrogen) atoms. The van der Waals surface area contributed by atoms with Gasteiger partial charge >= 0.3 is 0 Å². The molecule has 3 aromatic carbocycles. The van der Waals surface area contributed by atoms with E-state index in [2.05, 4.69) is 31.3 Å². The number of carbonyl (C=O) groups excluding carboxylic acids is 1. The molecule has 0 aliphatic carbocycles. The van der Waals surface area contributed by atoms with Crippen molar-refractivity contribution in [3.8, 4) is 11.5 Å². The van der Waals surface area contributed by atoms with Crippen molar-refractivity contribution in [1.82, 2.24) is 5.43 Å². The smallest absolute Gasteiger partial charge is 0.280 e. The third-order valence-corrected chi connectivity index (χ3v) is 5.00. The quantitative estimate of drug-likeness (QED) is 0.410. The van der Waals surface area contributed by atoms with E-state index in [1.54, 1.807) is 13.1 Å². The van der Waals surface area contributed by atoms with Crippen LogP contribution in [0.25, 0.3) is 10.8 Å². The molecule has 5 heteroatoms. The van der Waals surface area contributed by atoms with E-state index in [0.717, 1.165) is 22.1 Å². The molecule has 3 rings (SSSR count). The largest absolute Gasteiger partial charge is 0.493 e. The van der Waals surface area contributed by atoms with Gasteiger partial charge in [0, 0.05) is 5.56 Å². The molecule has 162 valence electrons. The van der Waals surface area contributed by atoms with Crippen LogP contribution in [-0.2, 0) is 10.2 Å². The summed E-state index contributed by atoms with van der Waals surface area (Å²) in [4.78, 5) is 12.5. The van der Waals surface area contributed by atoms with Crippen LogP contribution in [0.2, 0.25) is 0 Å². The van der Waals surface area contributed by atoms with E-state index in [4.69, 9.17) is 9.47 Å². The lowest BCUT2D eigenvalue weighted by atomic mass is 9.87. The maximum Gasteiger partial charge on any atom is 0.280 e. The fraction of sp³-hybridized carbons (Fsp3) is 0.308. The molecule has 1 N–H and O–H groups in total. The van der Waals surface area contributed by atoms with E-state index >= 15 is 0 Å². The van der Waals surface area contributed by atoms with Crippen LogP contribution in [0.5, 0.6) is 11.5 Å². The van der Waals surface area contributed by atoms with Crippen molar-refractivity contribution < 1.29 is 14.3 Å². The van der Waals surface area contributed by atoms with Crippen LogP contribution in [-0.4, -0.2) is 24.8 Å². The van der Waals surface area contributed by atoms with Crippen molar-refractivity contribution in [2.24, 2.45) is 5.10 Å². The van der Waals surface area contributed by atoms with E-state index in [0.29, 0.717) is 12.4 Å². The molecule has 3 aromatic rings. The molecular formula is C26H30N2O3. The topological polar surface area (TPSA) is 59.9 Å². The number of hydrogen-bond acceptors (Lipinski definition) is 4. The molecule has 0 aromatic heterocycles. The van der Waals surface area contributed by atoms with Crippen LogP contribution in [0.15, 0.2) is 65.8 Å². The Morgan fingerprint density at radius 1 is 1.06 bits per heavy atom. The Morgan fingerprint density at radius 3 is 2.45 bits per heavy atom. The molecule has 0 radical (unpaired) electrons. The number of nitrogens with one attached hydrogen (secondary N) is 1. The molecule has 0 saturated carbocycles. The fourth-order valence-corrected chi connectivity index (χ4v) is 3.23. The SMILES string of the molecule is CCOc1ccc2ccccc2c1/C=N/NC(=O)C(C)Oc1ccc(C(C)(C)C)cc1. The van der Waals surface area contributed by atoms with E-state index in [1.165, 1.54) is 5.56 Å². The van der Waals surface area contributed by atoms with Gasteiger partial charge in [-0.15, -0.1) is 0 Å². The number of hydrazone groups is 1. The summed E-state index contributed by atoms with van der Waals surface area (Å²) >= 11 is 0. The molecule has 0 bridgehead atoms. The molecule has 0 aliphatic rings. The number of carbonyl (C=O) groups is 1. The first kappa shape index (κ1) is 22.3. The second-order valence-electron chi connectivity index (χ2n) is 8.40. The zero-order valence-corrected chi connectivity index (χ0v) is 18.8. The average Bonchev–Trinajstić information content (AvgIpc) is 2.74. The Kier molecular flexibility index (Phi) is 6.95. The first-order valence-corrected chi connectivity index (χ1v) is 10.5. The second-order valence-corrected chi connectivity index (χ2v) is 8.40. The Balaban J connectivity index is 1.68. The van der Waals surface area contributed by atoms with Crippen LogP contribution in [0, 0.1) is 0 Å². The number of hydrogen-bond donors (Lipinski definition) is 1. The second kappa shape index (κ2) is 9.65. The molecule has 5 nitrogen and oxygen atoms in total. The first-order valence-electron chi connectivity index (χ1n) is 10.5. The highest BCUT2D eigenvalue weighted by Crippen LogP contribution is 2.27. The third-order valence-electron chi connectivity index (χ3n) is 5.00. The van der Waals surface area contributed by atoms with Gasteiger partial charge in [0.2, 0.25) is 0 Å². The first-order chi connectivity index (χ1) is 14.8. The van der Waals surface area contributed by atoms with Gasteiger partial charge in [-0.2, -0.15) is 5.10 Å². The van der Waals surface area contributed by atoms with Crippen LogP contribution < -0.4 is 14.9 Å². The molecule has 0 saturated heterocycles. The normalized spacial score (nSPS) is 12.7. The van der Waals surface area contributed by atoms with Crippen LogP contribution in [0.1, 0.15) is 45.7 Å². The number of nitrogens with zero attached hydrogens (tertiary/aromatic N) is 1. The van der Waals surface area contributed by atoms with Gasteiger partial charge < -0.3 is 9.47 Å². The number of rotatable bonds is 7. The van der Waals surface area contributed by atoms with E-state index < -0.39 is 6.10 Å². The number of fused-ring (bicyclic) bond motifs is 1. The molecule has 1 atom stereocenters. The Labute approximate surface area is 184 Å². The summed E-state index contributed by atoms with van der Waals surface area (Å²) in [6.45, 7) is 10.7. The van der Waals surface area contributed by atoms with Crippen molar-refractivity contribution in [1.29, 1.82) is 0 Å². The monoisotopic (exact) mass is 418 g/mol. The fourth-order valence-electron chi connectivity index (χ4n) is 3.23. The number of benzene rings is 3. The molecule has 0 heterocycles. The van der Waals surface area contributed by atoms with Gasteiger partial charge in [0.1, 0.15) is 11.5 Å². The molecule has 0 fully saturated rings. The lowest BCUT2D eigenvalue weighted by Gasteiger charge is -2.20. The minimum atomic E-state index is -0.684. The van der Waals surface area contributed by atoms with E-state index in [1.807, 2.05) is 67.6 Å². The Morgan fingerprint density at radius 2 is 1.77 bits per heavy atom. The van der Waals surface area contributed by atoms with Crippen molar-refractivity contribution in [2.75, 3.05) is 6.61 Å². The number of ether oxygens (including phenoxy) is 2. The summed E-state index contributed by atoms with van der Waals surface area (Å²) < 4.78 is 11.5. The van der Waals surface area contributed by atoms with Crippen molar-refractivity contribution in [3.63, 3.8) is 0 Å². The van der Waals surface area contributed by atoms with Gasteiger partial charge in [0.25, 0.3) is 5.91 Å². The summed E-state index contributed by atoms with van der Waals surface area (Å²) in [5, 5.41) is 6.25. The summed E-state index contributed by atoms with van der Waals surface area (Å²) in [5.74, 6) is 1.05. The average molecular weight is 419 g/mol. The standard InChI is InChI=1S/C26H30N2O3/c1-6-30-24-16-11-19-9-7-8-10-22(19)23(24)17-27-28-25(29)18(2)31-21-14-12-20(13-15-21)26(3,4)5/h7-18H,6H2,1-5H3,(H,28,29)/b27-17+. The number of amides is 1. The summed E-state index contributed by atoms with van der Waals surface area (Å²) in [5.41, 5.74) is 4.67. The van der Waals surface area contributed by atoms with E-state index in [9.17, 15) is 4.79 Å². The molecule has 0 spiro atoms. The highest BCUT2D eigenvalue weighted by atomic mass is 16.5. The minimum absolute atomic E-state index is 0.0676. The molecule has 0 aliphatic heterocycles. The van der Waals surface area contributed by atoms with Crippen LogP contribution in [0.3, 0.4) is 0 Å². The van der Waals surface area contributed by atoms with Crippen LogP contribution >= 0.6 is 0 Å². The van der Waals surface area contributed by atoms with Gasteiger partial charge in [0.15, 0.2) is 6.10 Å². The zero-order chi connectivity index (χ0) is 22.4. The van der Waals surface area contributed by atoms with Gasteiger partial charge in [0.05, 0.1) is 12.8 Å². The molecule has 1 amide bonds. The van der Waals surface area contributed by atoms with Crippen molar-refractivity contribution in [2.45, 2.75) is 46.1 Å². The van der Waals surface area contributed by atoms with Crippen molar-refractivity contribution >= 4 is 22.9 Å². The van der Waals surface area contributed by atoms with E-state index in [-0.39, 0.29) is 11.3 Å². The maximum absolute atomic E-state index is 12.5. The lowest BCUT2D eigenvalue weighted by Crippen LogP contribution is -2.33. The maximum atomic E-state index is 12.5. The van der Waals surface area contributed by atoms with Crippen molar-refractivity contribution in [3.05, 3.63) is 71.8 Å². The third kappa shape index (κ3) is 5.63. The van der Waals surface area contributed by atoms with Gasteiger partial charge in [-0.3, -0.25) is 4.79 Å². The predicted octanol–water partition coefficient (Wildman–Crippen LogP) is 5.45. The highest BCUT2D eigenvalue weighted by molar-refractivity contribution is 6.02. The minimum Gasteiger partial charge on any atom is -0.493 e. The molecular weight excluding hydrogens is 388 g/mol. The summed E-state index contributed by atoms with van der Waals surface area (Å²) in [6.07, 6.45) is 0.937. The zero-order valence-electron chi connectivity index (χ0n) is 18.8. The summed E-state index contributed by atoms with van der Waals surface area (Å²) in [6, 6.07) is 19.7. The van der Waals surface area contributed by atoms with Crippen LogP contribution in [0.4, 0.5) is 0 Å². The lowest BCUT2D eigenvalue weighted by molar-refractivity contribution is -0.127. The van der Waals surface area contributed by atoms with Gasteiger partial charge in [-0.25, -0.2) is 5.43 Å². The summed E-state index contributed by atoms with van der Waals surface area (Å²) in [7, 11) is 0. The Hall–Kier alpha value is -3.34. The van der Waals surface area contributed by atoms with Gasteiger partial charge in [-0.05, 0) is 53.8 Å². The predicted molar refractivity (Wildman–Crippen MR) is 126 cm³/mol. The van der Waals surface area contributed by atoms with Gasteiger partial charge in [-0.1, -0.05) is 63.2 Å².